The van der Waals surface area contributed by atoms with E-state index in [4.69, 9.17) is 4.74 Å². The van der Waals surface area contributed by atoms with Crippen LogP contribution in [0.15, 0.2) is 10.9 Å². The molecule has 0 aromatic carbocycles. The number of rotatable bonds is 6. The van der Waals surface area contributed by atoms with E-state index in [2.05, 4.69) is 40.2 Å². The van der Waals surface area contributed by atoms with Crippen LogP contribution in [0.2, 0.25) is 0 Å². The van der Waals surface area contributed by atoms with Gasteiger partial charge in [0.15, 0.2) is 5.82 Å². The fourth-order valence-electron chi connectivity index (χ4n) is 1.19. The number of anilines is 2. The van der Waals surface area contributed by atoms with Crippen LogP contribution < -0.4 is 15.4 Å². The summed E-state index contributed by atoms with van der Waals surface area (Å²) >= 11 is 0. The van der Waals surface area contributed by atoms with Crippen LogP contribution in [0, 0.1) is 0 Å². The van der Waals surface area contributed by atoms with Gasteiger partial charge in [0.25, 0.3) is 0 Å². The Morgan fingerprint density at radius 1 is 1.22 bits per heavy atom. The molecule has 0 saturated carbocycles. The second-order valence-corrected chi connectivity index (χ2v) is 3.20. The van der Waals surface area contributed by atoms with Crippen molar-refractivity contribution < 1.29 is 9.26 Å². The van der Waals surface area contributed by atoms with Gasteiger partial charge in [0, 0.05) is 6.54 Å². The van der Waals surface area contributed by atoms with Crippen LogP contribution in [0.25, 0.3) is 0 Å². The highest BCUT2D eigenvalue weighted by Crippen LogP contribution is 2.10. The highest BCUT2D eigenvalue weighted by atomic mass is 16.5. The van der Waals surface area contributed by atoms with Crippen molar-refractivity contribution in [1.82, 2.24) is 25.1 Å². The van der Waals surface area contributed by atoms with E-state index in [9.17, 15) is 0 Å². The van der Waals surface area contributed by atoms with Gasteiger partial charge in [0.2, 0.25) is 18.3 Å². The molecule has 96 valence electrons. The molecule has 2 rings (SSSR count). The first-order valence-electron chi connectivity index (χ1n) is 5.35. The van der Waals surface area contributed by atoms with Gasteiger partial charge in [-0.15, -0.1) is 0 Å². The molecule has 0 radical (unpaired) electrons. The average molecular weight is 251 g/mol. The van der Waals surface area contributed by atoms with Crippen LogP contribution in [0.4, 0.5) is 11.9 Å². The van der Waals surface area contributed by atoms with Crippen LogP contribution in [-0.2, 0) is 6.54 Å². The third-order valence-corrected chi connectivity index (χ3v) is 1.94. The molecular formula is C9H13N7O2. The normalized spacial score (nSPS) is 10.1. The largest absolute Gasteiger partial charge is 0.467 e. The van der Waals surface area contributed by atoms with E-state index in [1.54, 1.807) is 0 Å². The Bertz CT molecular complexity index is 488. The molecule has 2 heterocycles. The second kappa shape index (κ2) is 5.75. The highest BCUT2D eigenvalue weighted by Gasteiger charge is 2.07. The molecule has 0 unspecified atom stereocenters. The molecule has 2 N–H and O–H groups in total. The van der Waals surface area contributed by atoms with Gasteiger partial charge < -0.3 is 19.9 Å². The van der Waals surface area contributed by atoms with E-state index in [1.165, 1.54) is 13.5 Å². The van der Waals surface area contributed by atoms with Gasteiger partial charge >= 0.3 is 6.01 Å². The molecule has 2 aromatic rings. The Kier molecular flexibility index (Phi) is 3.84. The molecule has 0 fully saturated rings. The SMILES string of the molecule is CCNc1nc(NCc2ncon2)nc(OC)n1. The topological polar surface area (TPSA) is 111 Å². The van der Waals surface area contributed by atoms with Crippen molar-refractivity contribution in [2.45, 2.75) is 13.5 Å². The first-order chi connectivity index (χ1) is 8.81. The predicted octanol–water partition coefficient (Wildman–Crippen LogP) is 0.307. The van der Waals surface area contributed by atoms with Crippen LogP contribution in [0.3, 0.4) is 0 Å². The third-order valence-electron chi connectivity index (χ3n) is 1.94. The number of nitrogens with one attached hydrogen (secondary N) is 2. The number of hydrogen-bond acceptors (Lipinski definition) is 9. The Labute approximate surface area is 103 Å². The van der Waals surface area contributed by atoms with Crippen molar-refractivity contribution in [3.8, 4) is 6.01 Å². The summed E-state index contributed by atoms with van der Waals surface area (Å²) in [7, 11) is 1.49. The lowest BCUT2D eigenvalue weighted by Crippen LogP contribution is -2.10. The molecule has 0 spiro atoms. The van der Waals surface area contributed by atoms with E-state index < -0.39 is 0 Å². The zero-order valence-corrected chi connectivity index (χ0v) is 10.0. The minimum absolute atomic E-state index is 0.233. The molecule has 0 aliphatic rings. The van der Waals surface area contributed by atoms with Crippen LogP contribution in [-0.4, -0.2) is 38.7 Å². The van der Waals surface area contributed by atoms with E-state index in [0.29, 0.717) is 30.8 Å². The zero-order chi connectivity index (χ0) is 12.8. The maximum absolute atomic E-state index is 4.99. The number of hydrogen-bond donors (Lipinski definition) is 2. The summed E-state index contributed by atoms with van der Waals surface area (Å²) in [6.45, 7) is 3.01. The van der Waals surface area contributed by atoms with Crippen molar-refractivity contribution in [2.75, 3.05) is 24.3 Å². The smallest absolute Gasteiger partial charge is 0.322 e. The Morgan fingerprint density at radius 2 is 2.00 bits per heavy atom. The Balaban J connectivity index is 2.08. The maximum atomic E-state index is 4.99. The summed E-state index contributed by atoms with van der Waals surface area (Å²) in [4.78, 5) is 16.1. The molecule has 9 nitrogen and oxygen atoms in total. The molecule has 9 heteroatoms. The monoisotopic (exact) mass is 251 g/mol. The van der Waals surface area contributed by atoms with Gasteiger partial charge in [0.05, 0.1) is 13.7 Å². The van der Waals surface area contributed by atoms with Crippen molar-refractivity contribution in [2.24, 2.45) is 0 Å². The first-order valence-corrected chi connectivity index (χ1v) is 5.35. The highest BCUT2D eigenvalue weighted by molar-refractivity contribution is 5.35. The lowest BCUT2D eigenvalue weighted by molar-refractivity contribution is 0.379. The molecule has 2 aromatic heterocycles. The Hall–Kier alpha value is -2.45. The van der Waals surface area contributed by atoms with Crippen molar-refractivity contribution in [1.29, 1.82) is 0 Å². The number of ether oxygens (including phenoxy) is 1. The van der Waals surface area contributed by atoms with Crippen LogP contribution in [0.5, 0.6) is 6.01 Å². The fraction of sp³-hybridized carbons (Fsp3) is 0.444. The molecule has 0 bridgehead atoms. The van der Waals surface area contributed by atoms with Gasteiger partial charge in [-0.1, -0.05) is 5.16 Å². The van der Waals surface area contributed by atoms with Gasteiger partial charge in [-0.2, -0.15) is 19.9 Å². The van der Waals surface area contributed by atoms with Crippen molar-refractivity contribution >= 4 is 11.9 Å². The summed E-state index contributed by atoms with van der Waals surface area (Å²) in [5.74, 6) is 1.34. The molecule has 18 heavy (non-hydrogen) atoms. The number of aromatic nitrogens is 5. The van der Waals surface area contributed by atoms with Crippen LogP contribution >= 0.6 is 0 Å². The average Bonchev–Trinajstić information content (AvgIpc) is 2.89. The first kappa shape index (κ1) is 12.0. The summed E-state index contributed by atoms with van der Waals surface area (Å²) in [6.07, 6.45) is 1.26. The number of nitrogens with zero attached hydrogens (tertiary/aromatic N) is 5. The molecule has 0 amide bonds. The minimum Gasteiger partial charge on any atom is -0.467 e. The standard InChI is InChI=1S/C9H13N7O2/c1-3-10-7-13-8(15-9(14-7)17-2)11-4-6-12-5-18-16-6/h5H,3-4H2,1-2H3,(H2,10,11,13,14,15). The maximum Gasteiger partial charge on any atom is 0.322 e. The fourth-order valence-corrected chi connectivity index (χ4v) is 1.19. The van der Waals surface area contributed by atoms with Gasteiger partial charge in [-0.25, -0.2) is 0 Å². The zero-order valence-electron chi connectivity index (χ0n) is 10.0. The van der Waals surface area contributed by atoms with Gasteiger partial charge in [-0.3, -0.25) is 0 Å². The van der Waals surface area contributed by atoms with Crippen molar-refractivity contribution in [3.63, 3.8) is 0 Å². The molecule has 0 atom stereocenters. The Morgan fingerprint density at radius 3 is 2.61 bits per heavy atom. The molecular weight excluding hydrogens is 238 g/mol. The van der Waals surface area contributed by atoms with E-state index in [1.807, 2.05) is 6.92 Å². The summed E-state index contributed by atoms with van der Waals surface area (Å²) in [5.41, 5.74) is 0. The predicted molar refractivity (Wildman–Crippen MR) is 62.2 cm³/mol. The van der Waals surface area contributed by atoms with E-state index in [-0.39, 0.29) is 6.01 Å². The molecule has 0 saturated heterocycles. The lowest BCUT2D eigenvalue weighted by atomic mass is 10.6. The second-order valence-electron chi connectivity index (χ2n) is 3.20. The minimum atomic E-state index is 0.233. The van der Waals surface area contributed by atoms with E-state index in [0.717, 1.165) is 0 Å². The quantitative estimate of drug-likeness (QED) is 0.748. The summed E-state index contributed by atoms with van der Waals surface area (Å²) in [6, 6.07) is 0.233. The lowest BCUT2D eigenvalue weighted by Gasteiger charge is -2.07. The molecule has 0 aliphatic carbocycles. The number of methoxy groups -OCH3 is 1. The van der Waals surface area contributed by atoms with Crippen LogP contribution in [0.1, 0.15) is 12.7 Å². The van der Waals surface area contributed by atoms with Gasteiger partial charge in [0.1, 0.15) is 0 Å². The summed E-state index contributed by atoms with van der Waals surface area (Å²) < 4.78 is 9.61. The summed E-state index contributed by atoms with van der Waals surface area (Å²) in [5, 5.41) is 9.60. The van der Waals surface area contributed by atoms with Gasteiger partial charge in [-0.05, 0) is 6.92 Å². The third kappa shape index (κ3) is 3.03. The van der Waals surface area contributed by atoms with Crippen molar-refractivity contribution in [3.05, 3.63) is 12.2 Å². The molecule has 0 aliphatic heterocycles. The van der Waals surface area contributed by atoms with E-state index >= 15 is 0 Å².